The van der Waals surface area contributed by atoms with Gasteiger partial charge in [-0.2, -0.15) is 0 Å². The number of carbonyl (C=O) groups excluding carboxylic acids is 4. The molecule has 55 heavy (non-hydrogen) atoms. The van der Waals surface area contributed by atoms with Gasteiger partial charge in [-0.1, -0.05) is 72.8 Å². The van der Waals surface area contributed by atoms with Crippen molar-refractivity contribution in [1.82, 2.24) is 5.32 Å². The fourth-order valence-electron chi connectivity index (χ4n) is 6.28. The maximum Gasteiger partial charge on any atom is 0.338 e. The van der Waals surface area contributed by atoms with E-state index in [4.69, 9.17) is 23.7 Å². The van der Waals surface area contributed by atoms with Crippen molar-refractivity contribution in [3.05, 3.63) is 162 Å². The third-order valence-corrected chi connectivity index (χ3v) is 8.98. The summed E-state index contributed by atoms with van der Waals surface area (Å²) < 4.78 is 45.8. The van der Waals surface area contributed by atoms with Gasteiger partial charge in [0.25, 0.3) is 0 Å². The molecule has 1 fully saturated rings. The number of halogens is 1. The van der Waals surface area contributed by atoms with E-state index in [0.717, 1.165) is 5.56 Å². The van der Waals surface area contributed by atoms with Gasteiger partial charge in [0.2, 0.25) is 18.3 Å². The van der Waals surface area contributed by atoms with Gasteiger partial charge >= 0.3 is 17.9 Å². The Morgan fingerprint density at radius 3 is 1.76 bits per heavy atom. The quantitative estimate of drug-likeness (QED) is 0.103. The smallest absolute Gasteiger partial charge is 0.338 e. The second kappa shape index (κ2) is 17.2. The largest absolute Gasteiger partial charge is 0.461 e. The summed E-state index contributed by atoms with van der Waals surface area (Å²) >= 11 is 0. The minimum absolute atomic E-state index is 0.185. The summed E-state index contributed by atoms with van der Waals surface area (Å²) in [6.07, 6.45) is -5.23. The average molecular weight is 746 g/mol. The van der Waals surface area contributed by atoms with Crippen molar-refractivity contribution in [1.29, 1.82) is 0 Å². The van der Waals surface area contributed by atoms with Crippen LogP contribution in [0.3, 0.4) is 0 Å². The number of amides is 1. The molecule has 1 heterocycles. The Labute approximate surface area is 318 Å². The zero-order chi connectivity index (χ0) is 39.0. The molecule has 1 saturated heterocycles. The fraction of sp³-hybridized carbons (Fsp3) is 0.227. The standard InChI is InChI=1S/C44H40FNO9/c1-28(47)46-25-24-29-22-23-35(27-36(29)33-20-13-21-34(45)26-33)51-43-38(53-41(49)31-16-9-5-10-17-31)37(52-40(48)30-14-7-4-8-15-30)39(44(2,3)55-43)54-42(50)32-18-11-6-12-19-32/h4-23,26-27,37-39,43H,24-25H2,1-3H3,(H,46,47)/t37-,38+,39+,43-/m0/s1. The molecular weight excluding hydrogens is 705 g/mol. The Bertz CT molecular complexity index is 2130. The first-order chi connectivity index (χ1) is 26.5. The van der Waals surface area contributed by atoms with E-state index in [1.54, 1.807) is 135 Å². The molecule has 0 radical (unpaired) electrons. The van der Waals surface area contributed by atoms with Gasteiger partial charge in [0.05, 0.1) is 16.7 Å². The van der Waals surface area contributed by atoms with E-state index < -0.39 is 53.9 Å². The fourth-order valence-corrected chi connectivity index (χ4v) is 6.28. The molecule has 0 unspecified atom stereocenters. The van der Waals surface area contributed by atoms with Crippen molar-refractivity contribution in [3.63, 3.8) is 0 Å². The monoisotopic (exact) mass is 745 g/mol. The Balaban J connectivity index is 1.41. The van der Waals surface area contributed by atoms with E-state index in [-0.39, 0.29) is 28.3 Å². The van der Waals surface area contributed by atoms with Crippen LogP contribution in [0.15, 0.2) is 133 Å². The first-order valence-corrected chi connectivity index (χ1v) is 17.7. The van der Waals surface area contributed by atoms with E-state index >= 15 is 0 Å². The Morgan fingerprint density at radius 1 is 0.673 bits per heavy atom. The van der Waals surface area contributed by atoms with Gasteiger partial charge in [-0.25, -0.2) is 18.8 Å². The number of hydrogen-bond acceptors (Lipinski definition) is 9. The molecule has 0 bridgehead atoms. The molecule has 282 valence electrons. The molecule has 0 aliphatic carbocycles. The van der Waals surface area contributed by atoms with Gasteiger partial charge in [-0.15, -0.1) is 0 Å². The second-order valence-electron chi connectivity index (χ2n) is 13.4. The second-order valence-corrected chi connectivity index (χ2v) is 13.4. The van der Waals surface area contributed by atoms with E-state index in [1.165, 1.54) is 19.1 Å². The first kappa shape index (κ1) is 38.4. The van der Waals surface area contributed by atoms with Crippen LogP contribution in [0.2, 0.25) is 0 Å². The summed E-state index contributed by atoms with van der Waals surface area (Å²) in [5.41, 5.74) is 1.24. The number of ether oxygens (including phenoxy) is 5. The maximum absolute atomic E-state index is 14.5. The predicted octanol–water partition coefficient (Wildman–Crippen LogP) is 7.36. The molecule has 11 heteroatoms. The van der Waals surface area contributed by atoms with Crippen LogP contribution >= 0.6 is 0 Å². The highest BCUT2D eigenvalue weighted by Gasteiger charge is 2.57. The highest BCUT2D eigenvalue weighted by molar-refractivity contribution is 5.91. The van der Waals surface area contributed by atoms with Gasteiger partial charge in [0.1, 0.15) is 17.2 Å². The number of hydrogen-bond donors (Lipinski definition) is 1. The third kappa shape index (κ3) is 9.62. The van der Waals surface area contributed by atoms with Crippen molar-refractivity contribution in [2.24, 2.45) is 0 Å². The molecule has 4 atom stereocenters. The lowest BCUT2D eigenvalue weighted by atomic mass is 9.89. The van der Waals surface area contributed by atoms with Gasteiger partial charge in [-0.3, -0.25) is 4.79 Å². The summed E-state index contributed by atoms with van der Waals surface area (Å²) in [4.78, 5) is 52.6. The molecule has 5 aromatic carbocycles. The van der Waals surface area contributed by atoms with Crippen molar-refractivity contribution in [3.8, 4) is 16.9 Å². The lowest BCUT2D eigenvalue weighted by Crippen LogP contribution is -2.66. The van der Waals surface area contributed by atoms with E-state index in [0.29, 0.717) is 24.1 Å². The van der Waals surface area contributed by atoms with Crippen LogP contribution in [0, 0.1) is 5.82 Å². The minimum atomic E-state index is -1.49. The molecule has 6 rings (SSSR count). The number of benzene rings is 5. The Kier molecular flexibility index (Phi) is 12.0. The molecule has 10 nitrogen and oxygen atoms in total. The summed E-state index contributed by atoms with van der Waals surface area (Å²) in [5, 5.41) is 2.78. The molecule has 0 aromatic heterocycles. The molecule has 5 aromatic rings. The zero-order valence-corrected chi connectivity index (χ0v) is 30.5. The van der Waals surface area contributed by atoms with E-state index in [2.05, 4.69) is 5.32 Å². The number of esters is 3. The normalized spacial score (nSPS) is 18.7. The maximum atomic E-state index is 14.5. The number of carbonyl (C=O) groups is 4. The third-order valence-electron chi connectivity index (χ3n) is 8.98. The van der Waals surface area contributed by atoms with Crippen molar-refractivity contribution >= 4 is 23.8 Å². The molecule has 0 saturated carbocycles. The lowest BCUT2D eigenvalue weighted by molar-refractivity contribution is -0.299. The molecule has 0 spiro atoms. The average Bonchev–Trinajstić information content (AvgIpc) is 3.18. The van der Waals surface area contributed by atoms with Gasteiger partial charge in [-0.05, 0) is 97.6 Å². The first-order valence-electron chi connectivity index (χ1n) is 17.7. The van der Waals surface area contributed by atoms with Crippen LogP contribution in [-0.4, -0.2) is 60.6 Å². The number of rotatable bonds is 12. The molecule has 1 N–H and O–H groups in total. The van der Waals surface area contributed by atoms with Gasteiger partial charge in [0, 0.05) is 13.5 Å². The van der Waals surface area contributed by atoms with Crippen molar-refractivity contribution in [2.45, 2.75) is 57.4 Å². The SMILES string of the molecule is CC(=O)NCCc1ccc(O[C@H]2OC(C)(C)[C@H](OC(=O)c3ccccc3)[C@@H](OC(=O)c3ccccc3)[C@H]2OC(=O)c2ccccc2)cc1-c1cccc(F)c1. The van der Waals surface area contributed by atoms with Crippen LogP contribution in [0.4, 0.5) is 4.39 Å². The summed E-state index contributed by atoms with van der Waals surface area (Å²) in [6.45, 7) is 5.06. The van der Waals surface area contributed by atoms with Crippen molar-refractivity contribution in [2.75, 3.05) is 6.54 Å². The van der Waals surface area contributed by atoms with Crippen LogP contribution in [-0.2, 0) is 30.2 Å². The summed E-state index contributed by atoms with van der Waals surface area (Å²) in [6, 6.07) is 35.9. The van der Waals surface area contributed by atoms with Gasteiger partial charge in [0.15, 0.2) is 12.2 Å². The molecule has 1 amide bonds. The minimum Gasteiger partial charge on any atom is -0.461 e. The molecular formula is C44H40FNO9. The predicted molar refractivity (Wildman–Crippen MR) is 201 cm³/mol. The van der Waals surface area contributed by atoms with Crippen LogP contribution < -0.4 is 10.1 Å². The number of nitrogens with one attached hydrogen (secondary N) is 1. The lowest BCUT2D eigenvalue weighted by Gasteiger charge is -2.48. The highest BCUT2D eigenvalue weighted by atomic mass is 19.1. The summed E-state index contributed by atoms with van der Waals surface area (Å²) in [7, 11) is 0. The molecule has 1 aliphatic rings. The van der Waals surface area contributed by atoms with E-state index in [1.807, 2.05) is 0 Å². The zero-order valence-electron chi connectivity index (χ0n) is 30.5. The van der Waals surface area contributed by atoms with E-state index in [9.17, 15) is 23.6 Å². The van der Waals surface area contributed by atoms with Crippen LogP contribution in [0.1, 0.15) is 57.4 Å². The van der Waals surface area contributed by atoms with Gasteiger partial charge < -0.3 is 29.0 Å². The Morgan fingerprint density at radius 2 is 1.22 bits per heavy atom. The van der Waals surface area contributed by atoms with Crippen molar-refractivity contribution < 1.29 is 47.3 Å². The summed E-state index contributed by atoms with van der Waals surface area (Å²) in [5.74, 6) is -2.63. The van der Waals surface area contributed by atoms with Crippen LogP contribution in [0.5, 0.6) is 5.75 Å². The van der Waals surface area contributed by atoms with Crippen LogP contribution in [0.25, 0.3) is 11.1 Å². The molecule has 1 aliphatic heterocycles. The topological polar surface area (TPSA) is 126 Å². The highest BCUT2D eigenvalue weighted by Crippen LogP contribution is 2.38. The Hall–Kier alpha value is -6.33.